The van der Waals surface area contributed by atoms with Gasteiger partial charge >= 0.3 is 11.7 Å². The maximum atomic E-state index is 11.2. The molecule has 0 aromatic carbocycles. The molecule has 1 heterocycles. The minimum Gasteiger partial charge on any atom is -0.618 e. The van der Waals surface area contributed by atoms with Gasteiger partial charge in [-0.3, -0.25) is 0 Å². The number of ether oxygens (including phenoxy) is 1. The average Bonchev–Trinajstić information content (AvgIpc) is 2.08. The van der Waals surface area contributed by atoms with Crippen LogP contribution in [0.5, 0.6) is 0 Å². The molecule has 0 saturated carbocycles. The van der Waals surface area contributed by atoms with Gasteiger partial charge in [0.1, 0.15) is 0 Å². The zero-order chi connectivity index (χ0) is 9.14. The minimum absolute atomic E-state index is 0.0116. The summed E-state index contributed by atoms with van der Waals surface area (Å²) in [6, 6.07) is 4.68. The van der Waals surface area contributed by atoms with E-state index in [1.807, 2.05) is 0 Å². The molecule has 0 radical (unpaired) electrons. The molecular weight excluding hydrogens is 158 g/mol. The van der Waals surface area contributed by atoms with Gasteiger partial charge in [-0.25, -0.2) is 4.79 Å². The number of pyridine rings is 1. The summed E-state index contributed by atoms with van der Waals surface area (Å²) >= 11 is 0. The first-order chi connectivity index (χ1) is 5.66. The Balaban J connectivity index is 3.16. The van der Waals surface area contributed by atoms with E-state index in [0.717, 1.165) is 0 Å². The van der Waals surface area contributed by atoms with E-state index >= 15 is 0 Å². The van der Waals surface area contributed by atoms with Gasteiger partial charge in [-0.15, -0.1) is 0 Å². The van der Waals surface area contributed by atoms with Crippen LogP contribution in [0.25, 0.3) is 0 Å². The Kier molecular flexibility index (Phi) is 2.28. The number of rotatable bonds is 1. The quantitative estimate of drug-likeness (QED) is 0.346. The highest BCUT2D eigenvalue weighted by molar-refractivity contribution is 5.85. The van der Waals surface area contributed by atoms with E-state index in [1.54, 1.807) is 19.1 Å². The molecule has 0 spiro atoms. The molecule has 4 nitrogen and oxygen atoms in total. The van der Waals surface area contributed by atoms with Crippen LogP contribution in [0.15, 0.2) is 18.2 Å². The Morgan fingerprint density at radius 1 is 1.58 bits per heavy atom. The van der Waals surface area contributed by atoms with Crippen molar-refractivity contribution in [2.45, 2.75) is 6.92 Å². The molecule has 0 aliphatic rings. The summed E-state index contributed by atoms with van der Waals surface area (Å²) in [6.07, 6.45) is 0. The number of esters is 1. The van der Waals surface area contributed by atoms with Gasteiger partial charge in [0, 0.05) is 19.1 Å². The van der Waals surface area contributed by atoms with Crippen LogP contribution >= 0.6 is 0 Å². The van der Waals surface area contributed by atoms with Gasteiger partial charge < -0.3 is 9.94 Å². The van der Waals surface area contributed by atoms with Crippen LogP contribution in [0.4, 0.5) is 0 Å². The molecule has 0 aliphatic heterocycles. The van der Waals surface area contributed by atoms with Crippen molar-refractivity contribution < 1.29 is 14.3 Å². The first-order valence-electron chi connectivity index (χ1n) is 3.44. The third kappa shape index (κ3) is 1.37. The Bertz CT molecular complexity index is 309. The van der Waals surface area contributed by atoms with Gasteiger partial charge in [0.15, 0.2) is 5.69 Å². The highest BCUT2D eigenvalue weighted by Crippen LogP contribution is 1.96. The minimum atomic E-state index is -0.617. The molecule has 1 rings (SSSR count). The Hall–Kier alpha value is -1.58. The third-order valence-corrected chi connectivity index (χ3v) is 1.53. The third-order valence-electron chi connectivity index (χ3n) is 1.53. The van der Waals surface area contributed by atoms with Gasteiger partial charge in [-0.1, -0.05) is 0 Å². The SMILES string of the molecule is COC(=O)c1cccc(C)[n+]1[O-]. The lowest BCUT2D eigenvalue weighted by atomic mass is 10.3. The Labute approximate surface area is 70.0 Å². The van der Waals surface area contributed by atoms with Crippen LogP contribution in [0, 0.1) is 12.1 Å². The van der Waals surface area contributed by atoms with Gasteiger partial charge in [0.05, 0.1) is 7.11 Å². The molecule has 0 atom stereocenters. The van der Waals surface area contributed by atoms with Crippen molar-refractivity contribution in [1.82, 2.24) is 0 Å². The van der Waals surface area contributed by atoms with E-state index in [2.05, 4.69) is 4.74 Å². The van der Waals surface area contributed by atoms with Gasteiger partial charge in [0.2, 0.25) is 0 Å². The normalized spacial score (nSPS) is 9.50. The number of carbonyl (C=O) groups excluding carboxylic acids is 1. The summed E-state index contributed by atoms with van der Waals surface area (Å²) in [5, 5.41) is 11.2. The van der Waals surface area contributed by atoms with Crippen LogP contribution in [0.3, 0.4) is 0 Å². The van der Waals surface area contributed by atoms with Crippen molar-refractivity contribution in [3.63, 3.8) is 0 Å². The summed E-state index contributed by atoms with van der Waals surface area (Å²) in [7, 11) is 1.24. The van der Waals surface area contributed by atoms with Crippen LogP contribution in [0.1, 0.15) is 16.2 Å². The molecule has 0 unspecified atom stereocenters. The fraction of sp³-hybridized carbons (Fsp3) is 0.250. The van der Waals surface area contributed by atoms with Crippen LogP contribution in [0.2, 0.25) is 0 Å². The zero-order valence-corrected chi connectivity index (χ0v) is 6.90. The van der Waals surface area contributed by atoms with E-state index in [1.165, 1.54) is 13.2 Å². The fourth-order valence-corrected chi connectivity index (χ4v) is 0.859. The predicted octanol–water partition coefficient (Wildman–Crippen LogP) is 0.415. The van der Waals surface area contributed by atoms with E-state index in [-0.39, 0.29) is 5.69 Å². The van der Waals surface area contributed by atoms with Gasteiger partial charge in [0.25, 0.3) is 0 Å². The van der Waals surface area contributed by atoms with Crippen LogP contribution in [-0.2, 0) is 4.74 Å². The van der Waals surface area contributed by atoms with Gasteiger partial charge in [-0.05, 0) is 6.07 Å². The van der Waals surface area contributed by atoms with Crippen molar-refractivity contribution >= 4 is 5.97 Å². The van der Waals surface area contributed by atoms with Crippen molar-refractivity contribution in [3.8, 4) is 0 Å². The van der Waals surface area contributed by atoms with Crippen molar-refractivity contribution in [2.75, 3.05) is 7.11 Å². The molecule has 0 fully saturated rings. The second-order valence-electron chi connectivity index (χ2n) is 2.34. The Morgan fingerprint density at radius 3 is 2.83 bits per heavy atom. The Morgan fingerprint density at radius 2 is 2.25 bits per heavy atom. The maximum Gasteiger partial charge on any atom is 0.404 e. The lowest BCUT2D eigenvalue weighted by Gasteiger charge is -2.03. The summed E-state index contributed by atoms with van der Waals surface area (Å²) in [6.45, 7) is 1.62. The van der Waals surface area contributed by atoms with Crippen LogP contribution < -0.4 is 4.73 Å². The molecule has 1 aromatic rings. The number of carbonyl (C=O) groups is 1. The lowest BCUT2D eigenvalue weighted by Crippen LogP contribution is -2.37. The van der Waals surface area contributed by atoms with Crippen molar-refractivity contribution in [2.24, 2.45) is 0 Å². The molecule has 0 amide bonds. The zero-order valence-electron chi connectivity index (χ0n) is 6.90. The molecule has 64 valence electrons. The molecule has 0 N–H and O–H groups in total. The largest absolute Gasteiger partial charge is 0.618 e. The number of aromatic nitrogens is 1. The summed E-state index contributed by atoms with van der Waals surface area (Å²) in [5.74, 6) is -0.617. The number of hydrogen-bond acceptors (Lipinski definition) is 3. The highest BCUT2D eigenvalue weighted by Gasteiger charge is 2.16. The van der Waals surface area contributed by atoms with E-state index in [0.29, 0.717) is 10.4 Å². The summed E-state index contributed by atoms with van der Waals surface area (Å²) in [4.78, 5) is 10.9. The second-order valence-corrected chi connectivity index (χ2v) is 2.34. The summed E-state index contributed by atoms with van der Waals surface area (Å²) in [5.41, 5.74) is 0.482. The van der Waals surface area contributed by atoms with Crippen LogP contribution in [-0.4, -0.2) is 13.1 Å². The number of nitrogens with zero attached hydrogens (tertiary/aromatic N) is 1. The highest BCUT2D eigenvalue weighted by atomic mass is 16.5. The first-order valence-corrected chi connectivity index (χ1v) is 3.44. The molecular formula is C8H9NO3. The summed E-state index contributed by atoms with van der Waals surface area (Å²) < 4.78 is 4.96. The van der Waals surface area contributed by atoms with E-state index in [9.17, 15) is 10.0 Å². The topological polar surface area (TPSA) is 53.2 Å². The van der Waals surface area contributed by atoms with E-state index in [4.69, 9.17) is 0 Å². The molecule has 0 saturated heterocycles. The standard InChI is InChI=1S/C8H9NO3/c1-6-4-3-5-7(9(6)11)8(10)12-2/h3-5H,1-2H3. The maximum absolute atomic E-state index is 11.2. The molecule has 12 heavy (non-hydrogen) atoms. The number of methoxy groups -OCH3 is 1. The molecule has 4 heteroatoms. The van der Waals surface area contributed by atoms with Crippen molar-refractivity contribution in [3.05, 3.63) is 34.8 Å². The van der Waals surface area contributed by atoms with Gasteiger partial charge in [-0.2, -0.15) is 4.73 Å². The predicted molar refractivity (Wildman–Crippen MR) is 41.5 cm³/mol. The number of aryl methyl sites for hydroxylation is 1. The fourth-order valence-electron chi connectivity index (χ4n) is 0.859. The van der Waals surface area contributed by atoms with Crippen molar-refractivity contribution in [1.29, 1.82) is 0 Å². The molecule has 0 bridgehead atoms. The lowest BCUT2D eigenvalue weighted by molar-refractivity contribution is -0.615. The molecule has 1 aromatic heterocycles. The number of hydrogen-bond donors (Lipinski definition) is 0. The first kappa shape index (κ1) is 8.52. The second kappa shape index (κ2) is 3.21. The average molecular weight is 167 g/mol. The molecule has 0 aliphatic carbocycles. The monoisotopic (exact) mass is 167 g/mol. The van der Waals surface area contributed by atoms with E-state index < -0.39 is 5.97 Å². The smallest absolute Gasteiger partial charge is 0.404 e.